The maximum atomic E-state index is 12.1. The molecule has 1 aliphatic carbocycles. The first-order valence-corrected chi connectivity index (χ1v) is 6.87. The maximum absolute atomic E-state index is 12.1. The van der Waals surface area contributed by atoms with Gasteiger partial charge in [0.25, 0.3) is 5.89 Å². The Morgan fingerprint density at radius 2 is 2.15 bits per heavy atom. The molecular weight excluding hydrogens is 258 g/mol. The summed E-state index contributed by atoms with van der Waals surface area (Å²) in [7, 11) is 1.81. The number of carbonyl (C=O) groups excluding carboxylic acids is 1. The van der Waals surface area contributed by atoms with Crippen LogP contribution in [0.15, 0.2) is 16.7 Å². The molecule has 7 heteroatoms. The number of hydrogen-bond donors (Lipinski definition) is 1. The first kappa shape index (κ1) is 12.8. The number of carbonyl (C=O) groups is 1. The largest absolute Gasteiger partial charge is 0.401 e. The fraction of sp³-hybridized carbons (Fsp3) is 0.538. The molecule has 0 saturated heterocycles. The van der Waals surface area contributed by atoms with Gasteiger partial charge in [-0.15, -0.1) is 5.10 Å². The Balaban J connectivity index is 1.66. The van der Waals surface area contributed by atoms with Crippen LogP contribution in [0.2, 0.25) is 0 Å². The highest BCUT2D eigenvalue weighted by atomic mass is 16.4. The van der Waals surface area contributed by atoms with Crippen molar-refractivity contribution in [1.82, 2.24) is 20.0 Å². The lowest BCUT2D eigenvalue weighted by atomic mass is 9.89. The van der Waals surface area contributed by atoms with Gasteiger partial charge in [-0.3, -0.25) is 14.8 Å². The van der Waals surface area contributed by atoms with Crippen molar-refractivity contribution in [3.8, 4) is 11.6 Å². The van der Waals surface area contributed by atoms with Crippen LogP contribution in [0, 0.1) is 5.92 Å². The van der Waals surface area contributed by atoms with E-state index in [0.29, 0.717) is 11.6 Å². The Labute approximate surface area is 116 Å². The van der Waals surface area contributed by atoms with Crippen LogP contribution in [0.4, 0.5) is 6.01 Å². The molecule has 1 amide bonds. The number of rotatable bonds is 3. The number of nitrogens with one attached hydrogen (secondary N) is 1. The zero-order valence-electron chi connectivity index (χ0n) is 11.4. The van der Waals surface area contributed by atoms with Gasteiger partial charge in [0.1, 0.15) is 5.69 Å². The van der Waals surface area contributed by atoms with Crippen molar-refractivity contribution in [2.45, 2.75) is 32.1 Å². The molecule has 7 nitrogen and oxygen atoms in total. The number of hydrogen-bond acceptors (Lipinski definition) is 5. The number of aromatic nitrogens is 4. The molecule has 0 aliphatic heterocycles. The van der Waals surface area contributed by atoms with Gasteiger partial charge in [-0.25, -0.2) is 0 Å². The molecule has 2 aromatic heterocycles. The number of amides is 1. The fourth-order valence-corrected chi connectivity index (χ4v) is 2.48. The van der Waals surface area contributed by atoms with E-state index in [2.05, 4.69) is 20.6 Å². The lowest BCUT2D eigenvalue weighted by molar-refractivity contribution is -0.120. The van der Waals surface area contributed by atoms with Crippen molar-refractivity contribution in [2.24, 2.45) is 13.0 Å². The third kappa shape index (κ3) is 2.71. The van der Waals surface area contributed by atoms with Crippen LogP contribution in [-0.2, 0) is 11.8 Å². The minimum absolute atomic E-state index is 0.0269. The van der Waals surface area contributed by atoms with E-state index < -0.39 is 0 Å². The highest BCUT2D eigenvalue weighted by molar-refractivity contribution is 5.90. The Morgan fingerprint density at radius 3 is 2.85 bits per heavy atom. The second-order valence-corrected chi connectivity index (χ2v) is 5.11. The second-order valence-electron chi connectivity index (χ2n) is 5.11. The summed E-state index contributed by atoms with van der Waals surface area (Å²) in [5.41, 5.74) is 0.596. The third-order valence-electron chi connectivity index (χ3n) is 3.56. The van der Waals surface area contributed by atoms with Gasteiger partial charge in [0.15, 0.2) is 0 Å². The average Bonchev–Trinajstić information content (AvgIpc) is 3.09. The van der Waals surface area contributed by atoms with Crippen LogP contribution < -0.4 is 5.32 Å². The van der Waals surface area contributed by atoms with Crippen molar-refractivity contribution >= 4 is 11.9 Å². The van der Waals surface area contributed by atoms with E-state index in [1.165, 1.54) is 6.42 Å². The first-order chi connectivity index (χ1) is 9.72. The molecule has 106 valence electrons. The Bertz CT molecular complexity index is 597. The van der Waals surface area contributed by atoms with Gasteiger partial charge in [-0.05, 0) is 18.9 Å². The van der Waals surface area contributed by atoms with Crippen molar-refractivity contribution in [2.75, 3.05) is 5.32 Å². The predicted octanol–water partition coefficient (Wildman–Crippen LogP) is 1.99. The summed E-state index contributed by atoms with van der Waals surface area (Å²) in [5, 5.41) is 14.6. The topological polar surface area (TPSA) is 85.8 Å². The molecule has 0 radical (unpaired) electrons. The Kier molecular flexibility index (Phi) is 3.49. The van der Waals surface area contributed by atoms with Crippen LogP contribution in [0.5, 0.6) is 0 Å². The van der Waals surface area contributed by atoms with E-state index in [9.17, 15) is 4.79 Å². The van der Waals surface area contributed by atoms with Gasteiger partial charge >= 0.3 is 6.01 Å². The summed E-state index contributed by atoms with van der Waals surface area (Å²) in [5.74, 6) is 0.347. The van der Waals surface area contributed by atoms with Crippen LogP contribution in [0.3, 0.4) is 0 Å². The Hall–Kier alpha value is -2.18. The zero-order chi connectivity index (χ0) is 13.9. The summed E-state index contributed by atoms with van der Waals surface area (Å²) >= 11 is 0. The molecule has 0 bridgehead atoms. The van der Waals surface area contributed by atoms with Gasteiger partial charge in [-0.1, -0.05) is 24.4 Å². The van der Waals surface area contributed by atoms with E-state index in [0.717, 1.165) is 25.7 Å². The SMILES string of the molecule is Cn1ccc(-c2nnc(NC(=O)C3CCCCC3)o2)n1. The molecule has 0 aromatic carbocycles. The lowest BCUT2D eigenvalue weighted by Crippen LogP contribution is -2.24. The maximum Gasteiger partial charge on any atom is 0.322 e. The highest BCUT2D eigenvalue weighted by Gasteiger charge is 2.23. The molecule has 3 rings (SSSR count). The summed E-state index contributed by atoms with van der Waals surface area (Å²) in [6, 6.07) is 1.92. The Morgan fingerprint density at radius 1 is 1.35 bits per heavy atom. The molecule has 1 N–H and O–H groups in total. The van der Waals surface area contributed by atoms with Gasteiger partial charge in [0.2, 0.25) is 5.91 Å². The average molecular weight is 275 g/mol. The van der Waals surface area contributed by atoms with Gasteiger partial charge in [0, 0.05) is 19.2 Å². The zero-order valence-corrected chi connectivity index (χ0v) is 11.4. The van der Waals surface area contributed by atoms with Crippen LogP contribution >= 0.6 is 0 Å². The monoisotopic (exact) mass is 275 g/mol. The fourth-order valence-electron chi connectivity index (χ4n) is 2.48. The summed E-state index contributed by atoms with van der Waals surface area (Å²) in [4.78, 5) is 12.1. The predicted molar refractivity (Wildman–Crippen MR) is 71.7 cm³/mol. The molecular formula is C13H17N5O2. The van der Waals surface area contributed by atoms with Crippen LogP contribution in [-0.4, -0.2) is 25.9 Å². The molecule has 1 fully saturated rings. The highest BCUT2D eigenvalue weighted by Crippen LogP contribution is 2.25. The van der Waals surface area contributed by atoms with Crippen molar-refractivity contribution < 1.29 is 9.21 Å². The minimum Gasteiger partial charge on any atom is -0.401 e. The molecule has 1 saturated carbocycles. The van der Waals surface area contributed by atoms with Crippen molar-refractivity contribution in [3.63, 3.8) is 0 Å². The van der Waals surface area contributed by atoms with Crippen molar-refractivity contribution in [1.29, 1.82) is 0 Å². The quantitative estimate of drug-likeness (QED) is 0.925. The van der Waals surface area contributed by atoms with Gasteiger partial charge in [0.05, 0.1) is 0 Å². The number of anilines is 1. The van der Waals surface area contributed by atoms with E-state index in [4.69, 9.17) is 4.42 Å². The van der Waals surface area contributed by atoms with E-state index in [-0.39, 0.29) is 17.8 Å². The van der Waals surface area contributed by atoms with Crippen molar-refractivity contribution in [3.05, 3.63) is 12.3 Å². The molecule has 20 heavy (non-hydrogen) atoms. The van der Waals surface area contributed by atoms with Gasteiger partial charge in [-0.2, -0.15) is 5.10 Å². The summed E-state index contributed by atoms with van der Waals surface area (Å²) < 4.78 is 7.07. The van der Waals surface area contributed by atoms with Gasteiger partial charge < -0.3 is 4.42 Å². The molecule has 1 aliphatic rings. The number of nitrogens with zero attached hydrogens (tertiary/aromatic N) is 4. The smallest absolute Gasteiger partial charge is 0.322 e. The standard InChI is InChI=1S/C13H17N5O2/c1-18-8-7-10(17-18)12-15-16-13(20-12)14-11(19)9-5-3-2-4-6-9/h7-9H,2-6H2,1H3,(H,14,16,19). The summed E-state index contributed by atoms with van der Waals surface area (Å²) in [6.07, 6.45) is 7.11. The molecule has 0 atom stereocenters. The van der Waals surface area contributed by atoms with Crippen LogP contribution in [0.25, 0.3) is 11.6 Å². The molecule has 0 unspecified atom stereocenters. The van der Waals surface area contributed by atoms with Crippen LogP contribution in [0.1, 0.15) is 32.1 Å². The molecule has 2 aromatic rings. The second kappa shape index (κ2) is 5.44. The molecule has 2 heterocycles. The normalized spacial score (nSPS) is 16.2. The first-order valence-electron chi connectivity index (χ1n) is 6.87. The van der Waals surface area contributed by atoms with E-state index >= 15 is 0 Å². The summed E-state index contributed by atoms with van der Waals surface area (Å²) in [6.45, 7) is 0. The third-order valence-corrected chi connectivity index (χ3v) is 3.56. The van der Waals surface area contributed by atoms with E-state index in [1.807, 2.05) is 7.05 Å². The minimum atomic E-state index is -0.0269. The molecule has 0 spiro atoms. The lowest BCUT2D eigenvalue weighted by Gasteiger charge is -2.19. The number of aryl methyl sites for hydroxylation is 1. The van der Waals surface area contributed by atoms with E-state index in [1.54, 1.807) is 16.9 Å².